The highest BCUT2D eigenvalue weighted by molar-refractivity contribution is 6.35. The number of carbonyl (C=O) groups is 2. The predicted octanol–water partition coefficient (Wildman–Crippen LogP) is 1.42. The summed E-state index contributed by atoms with van der Waals surface area (Å²) in [4.78, 5) is 42.9. The van der Waals surface area contributed by atoms with E-state index in [1.165, 1.54) is 16.8 Å². The first kappa shape index (κ1) is 21.0. The van der Waals surface area contributed by atoms with E-state index in [1.807, 2.05) is 11.8 Å². The number of halogens is 1. The van der Waals surface area contributed by atoms with Gasteiger partial charge in [-0.25, -0.2) is 4.39 Å². The van der Waals surface area contributed by atoms with Crippen molar-refractivity contribution >= 4 is 17.4 Å². The van der Waals surface area contributed by atoms with Crippen LogP contribution >= 0.6 is 0 Å². The summed E-state index contributed by atoms with van der Waals surface area (Å²) in [6.45, 7) is 3.76. The SMILES string of the molecule is CCCc1[nH]n(C)c(=O)c1C1=C(N2CCOCC2)C(=O)N(Cc2ccc(F)cc2)C1=O. The summed E-state index contributed by atoms with van der Waals surface area (Å²) in [5, 5.41) is 3.02. The Morgan fingerprint density at radius 2 is 1.74 bits per heavy atom. The lowest BCUT2D eigenvalue weighted by atomic mass is 10.0. The Bertz CT molecular complexity index is 1090. The van der Waals surface area contributed by atoms with Crippen molar-refractivity contribution in [1.82, 2.24) is 19.6 Å². The van der Waals surface area contributed by atoms with Crippen LogP contribution in [0.25, 0.3) is 5.57 Å². The number of benzene rings is 1. The minimum absolute atomic E-state index is 0.00311. The topological polar surface area (TPSA) is 87.6 Å². The fourth-order valence-electron chi connectivity index (χ4n) is 4.08. The summed E-state index contributed by atoms with van der Waals surface area (Å²) in [6, 6.07) is 5.66. The maximum atomic E-state index is 13.5. The van der Waals surface area contributed by atoms with Crippen LogP contribution in [-0.4, -0.2) is 57.7 Å². The van der Waals surface area contributed by atoms with Gasteiger partial charge in [0.15, 0.2) is 0 Å². The van der Waals surface area contributed by atoms with Gasteiger partial charge in [0.05, 0.1) is 30.9 Å². The van der Waals surface area contributed by atoms with Gasteiger partial charge in [-0.2, -0.15) is 0 Å². The van der Waals surface area contributed by atoms with Gasteiger partial charge in [-0.05, 0) is 24.1 Å². The molecule has 0 bridgehead atoms. The standard InChI is InChI=1S/C22H25FN4O4/c1-3-4-16-17(20(28)25(2)24-16)18-19(26-9-11-31-12-10-26)22(30)27(21(18)29)13-14-5-7-15(23)8-6-14/h5-8,24H,3-4,9-13H2,1-2H3. The van der Waals surface area contributed by atoms with E-state index >= 15 is 0 Å². The van der Waals surface area contributed by atoms with Gasteiger partial charge >= 0.3 is 0 Å². The van der Waals surface area contributed by atoms with Gasteiger partial charge in [-0.3, -0.25) is 29.1 Å². The van der Waals surface area contributed by atoms with E-state index in [0.717, 1.165) is 11.3 Å². The Kier molecular flexibility index (Phi) is 5.77. The number of aromatic nitrogens is 2. The van der Waals surface area contributed by atoms with Crippen molar-refractivity contribution in [1.29, 1.82) is 0 Å². The second-order valence-corrected chi connectivity index (χ2v) is 7.73. The molecule has 0 spiro atoms. The lowest BCUT2D eigenvalue weighted by molar-refractivity contribution is -0.138. The van der Waals surface area contributed by atoms with Crippen molar-refractivity contribution < 1.29 is 18.7 Å². The number of H-pyrrole nitrogens is 1. The number of aryl methyl sites for hydroxylation is 2. The van der Waals surface area contributed by atoms with E-state index in [2.05, 4.69) is 5.10 Å². The highest BCUT2D eigenvalue weighted by atomic mass is 19.1. The largest absolute Gasteiger partial charge is 0.378 e. The van der Waals surface area contributed by atoms with Crippen LogP contribution in [0, 0.1) is 5.82 Å². The molecule has 8 nitrogen and oxygen atoms in total. The Morgan fingerprint density at radius 3 is 2.39 bits per heavy atom. The molecule has 1 N–H and O–H groups in total. The average molecular weight is 428 g/mol. The second-order valence-electron chi connectivity index (χ2n) is 7.73. The Hall–Kier alpha value is -3.20. The Labute approximate surface area is 178 Å². The minimum atomic E-state index is -0.509. The maximum Gasteiger partial charge on any atom is 0.278 e. The van der Waals surface area contributed by atoms with Gasteiger partial charge in [-0.15, -0.1) is 0 Å². The third-order valence-corrected chi connectivity index (χ3v) is 5.60. The second kappa shape index (κ2) is 8.50. The number of nitrogens with zero attached hydrogens (tertiary/aromatic N) is 3. The number of rotatable bonds is 6. The monoisotopic (exact) mass is 428 g/mol. The third kappa shape index (κ3) is 3.81. The summed E-state index contributed by atoms with van der Waals surface area (Å²) in [6.07, 6.45) is 1.35. The molecule has 1 saturated heterocycles. The molecule has 1 aromatic heterocycles. The van der Waals surface area contributed by atoms with Gasteiger partial charge in [0.2, 0.25) is 0 Å². The molecule has 0 radical (unpaired) electrons. The lowest BCUT2D eigenvalue weighted by Gasteiger charge is -2.29. The fraction of sp³-hybridized carbons (Fsp3) is 0.409. The highest BCUT2D eigenvalue weighted by Gasteiger charge is 2.44. The first-order valence-electron chi connectivity index (χ1n) is 10.4. The Morgan fingerprint density at radius 1 is 1.06 bits per heavy atom. The van der Waals surface area contributed by atoms with Gasteiger partial charge in [0.1, 0.15) is 11.5 Å². The van der Waals surface area contributed by atoms with Gasteiger partial charge in [0, 0.05) is 25.8 Å². The molecule has 0 saturated carbocycles. The van der Waals surface area contributed by atoms with Gasteiger partial charge in [-0.1, -0.05) is 25.5 Å². The molecule has 2 aromatic rings. The number of carbonyl (C=O) groups excluding carboxylic acids is 2. The molecule has 0 aliphatic carbocycles. The molecule has 0 unspecified atom stereocenters. The molecule has 1 fully saturated rings. The van der Waals surface area contributed by atoms with Crippen LogP contribution in [0.15, 0.2) is 34.8 Å². The molecule has 164 valence electrons. The third-order valence-electron chi connectivity index (χ3n) is 5.60. The van der Waals surface area contributed by atoms with E-state index in [9.17, 15) is 18.8 Å². The first-order chi connectivity index (χ1) is 14.9. The highest BCUT2D eigenvalue weighted by Crippen LogP contribution is 2.33. The van der Waals surface area contributed by atoms with Gasteiger partial charge < -0.3 is 9.64 Å². The molecule has 2 aliphatic rings. The molecule has 1 aromatic carbocycles. The number of amides is 2. The molecule has 9 heteroatoms. The van der Waals surface area contributed by atoms with Crippen molar-refractivity contribution in [3.63, 3.8) is 0 Å². The van der Waals surface area contributed by atoms with Gasteiger partial charge in [0.25, 0.3) is 17.4 Å². The van der Waals surface area contributed by atoms with Crippen molar-refractivity contribution in [2.24, 2.45) is 7.05 Å². The molecule has 31 heavy (non-hydrogen) atoms. The van der Waals surface area contributed by atoms with E-state index in [4.69, 9.17) is 4.74 Å². The van der Waals surface area contributed by atoms with E-state index in [-0.39, 0.29) is 28.9 Å². The van der Waals surface area contributed by atoms with Crippen molar-refractivity contribution in [2.75, 3.05) is 26.3 Å². The molecule has 0 atom stereocenters. The molecular formula is C22H25FN4O4. The van der Waals surface area contributed by atoms with Crippen LogP contribution in [0.1, 0.15) is 30.2 Å². The lowest BCUT2D eigenvalue weighted by Crippen LogP contribution is -2.40. The Balaban J connectivity index is 1.81. The molecular weight excluding hydrogens is 403 g/mol. The number of hydrogen-bond acceptors (Lipinski definition) is 5. The van der Waals surface area contributed by atoms with Crippen LogP contribution in [0.5, 0.6) is 0 Å². The zero-order valence-electron chi connectivity index (χ0n) is 17.6. The number of nitrogens with one attached hydrogen (secondary N) is 1. The summed E-state index contributed by atoms with van der Waals surface area (Å²) in [5.74, 6) is -1.35. The summed E-state index contributed by atoms with van der Waals surface area (Å²) in [7, 11) is 1.59. The zero-order chi connectivity index (χ0) is 22.1. The van der Waals surface area contributed by atoms with E-state index in [0.29, 0.717) is 44.0 Å². The molecule has 2 amide bonds. The van der Waals surface area contributed by atoms with Crippen LogP contribution in [0.4, 0.5) is 4.39 Å². The molecule has 4 rings (SSSR count). The quantitative estimate of drug-likeness (QED) is 0.703. The van der Waals surface area contributed by atoms with Crippen molar-refractivity contribution in [3.05, 3.63) is 63.0 Å². The number of aromatic amines is 1. The van der Waals surface area contributed by atoms with E-state index in [1.54, 1.807) is 19.2 Å². The number of morpholine rings is 1. The number of hydrogen-bond donors (Lipinski definition) is 1. The summed E-state index contributed by atoms with van der Waals surface area (Å²) in [5.41, 5.74) is 1.56. The van der Waals surface area contributed by atoms with Crippen LogP contribution in [0.3, 0.4) is 0 Å². The van der Waals surface area contributed by atoms with Crippen LogP contribution < -0.4 is 5.56 Å². The average Bonchev–Trinajstić information content (AvgIpc) is 3.17. The normalized spacial score (nSPS) is 17.3. The van der Waals surface area contributed by atoms with Crippen molar-refractivity contribution in [2.45, 2.75) is 26.3 Å². The summed E-state index contributed by atoms with van der Waals surface area (Å²) < 4.78 is 20.0. The van der Waals surface area contributed by atoms with Crippen molar-refractivity contribution in [3.8, 4) is 0 Å². The molecule has 2 aliphatic heterocycles. The first-order valence-corrected chi connectivity index (χ1v) is 10.4. The zero-order valence-corrected chi connectivity index (χ0v) is 17.6. The fourth-order valence-corrected chi connectivity index (χ4v) is 4.08. The smallest absolute Gasteiger partial charge is 0.278 e. The van der Waals surface area contributed by atoms with E-state index < -0.39 is 17.6 Å². The predicted molar refractivity (Wildman–Crippen MR) is 111 cm³/mol. The molecule has 3 heterocycles. The maximum absolute atomic E-state index is 13.5. The minimum Gasteiger partial charge on any atom is -0.378 e. The summed E-state index contributed by atoms with van der Waals surface area (Å²) >= 11 is 0. The number of ether oxygens (including phenoxy) is 1. The number of imide groups is 1. The van der Waals surface area contributed by atoms with Crippen LogP contribution in [0.2, 0.25) is 0 Å². The van der Waals surface area contributed by atoms with Crippen LogP contribution in [-0.2, 0) is 34.3 Å².